The highest BCUT2D eigenvalue weighted by Crippen LogP contribution is 2.26. The monoisotopic (exact) mass is 266 g/mol. The molecule has 1 heterocycles. The number of nitrogens with one attached hydrogen (secondary N) is 1. The van der Waals surface area contributed by atoms with Gasteiger partial charge in [0.1, 0.15) is 5.54 Å². The molecule has 0 aliphatic carbocycles. The summed E-state index contributed by atoms with van der Waals surface area (Å²) >= 11 is 1.51. The summed E-state index contributed by atoms with van der Waals surface area (Å²) in [5.74, 6) is 0.724. The molecule has 1 aromatic carbocycles. The van der Waals surface area contributed by atoms with Crippen LogP contribution < -0.4 is 5.32 Å². The maximum atomic E-state index is 12.1. The molecule has 1 amide bonds. The van der Waals surface area contributed by atoms with Gasteiger partial charge in [-0.05, 0) is 12.1 Å². The Morgan fingerprint density at radius 1 is 1.44 bits per heavy atom. The average molecular weight is 266 g/mol. The summed E-state index contributed by atoms with van der Waals surface area (Å²) in [4.78, 5) is 12.1. The zero-order chi connectivity index (χ0) is 13.0. The lowest BCUT2D eigenvalue weighted by Crippen LogP contribution is -2.57. The SMILES string of the molecule is O=C(N[C@]1(CO)CSC/C1=N/O)c1ccccc1. The lowest BCUT2D eigenvalue weighted by atomic mass is 9.97. The third kappa shape index (κ3) is 2.34. The first-order valence-electron chi connectivity index (χ1n) is 5.49. The number of hydrogen-bond donors (Lipinski definition) is 3. The molecule has 0 saturated carbocycles. The molecule has 0 spiro atoms. The fraction of sp³-hybridized carbons (Fsp3) is 0.333. The molecule has 3 N–H and O–H groups in total. The first-order chi connectivity index (χ1) is 8.72. The van der Waals surface area contributed by atoms with Crippen molar-refractivity contribution in [1.82, 2.24) is 5.32 Å². The molecule has 0 radical (unpaired) electrons. The van der Waals surface area contributed by atoms with Crippen molar-refractivity contribution in [3.05, 3.63) is 35.9 Å². The molecule has 5 nitrogen and oxygen atoms in total. The van der Waals surface area contributed by atoms with E-state index in [4.69, 9.17) is 5.21 Å². The van der Waals surface area contributed by atoms with Gasteiger partial charge in [-0.3, -0.25) is 4.79 Å². The Hall–Kier alpha value is -1.53. The lowest BCUT2D eigenvalue weighted by Gasteiger charge is -2.27. The summed E-state index contributed by atoms with van der Waals surface area (Å²) in [6, 6.07) is 8.75. The molecule has 1 aliphatic heterocycles. The van der Waals surface area contributed by atoms with Crippen LogP contribution >= 0.6 is 11.8 Å². The van der Waals surface area contributed by atoms with Crippen molar-refractivity contribution in [1.29, 1.82) is 0 Å². The molecule has 1 aliphatic rings. The van der Waals surface area contributed by atoms with Crippen molar-refractivity contribution < 1.29 is 15.1 Å². The van der Waals surface area contributed by atoms with Crippen LogP contribution in [0.25, 0.3) is 0 Å². The van der Waals surface area contributed by atoms with Gasteiger partial charge in [0.2, 0.25) is 0 Å². The Morgan fingerprint density at radius 3 is 2.78 bits per heavy atom. The first-order valence-corrected chi connectivity index (χ1v) is 6.65. The first kappa shape index (κ1) is 12.9. The minimum Gasteiger partial charge on any atom is -0.411 e. The van der Waals surface area contributed by atoms with Gasteiger partial charge in [-0.2, -0.15) is 11.8 Å². The normalized spacial score (nSPS) is 25.3. The van der Waals surface area contributed by atoms with Gasteiger partial charge in [0, 0.05) is 17.1 Å². The van der Waals surface area contributed by atoms with Crippen molar-refractivity contribution in [2.24, 2.45) is 5.16 Å². The molecule has 2 rings (SSSR count). The van der Waals surface area contributed by atoms with Gasteiger partial charge < -0.3 is 15.6 Å². The van der Waals surface area contributed by atoms with Crippen LogP contribution in [0.5, 0.6) is 0 Å². The molecule has 1 aromatic rings. The fourth-order valence-electron chi connectivity index (χ4n) is 1.83. The van der Waals surface area contributed by atoms with Gasteiger partial charge in [-0.25, -0.2) is 0 Å². The van der Waals surface area contributed by atoms with Gasteiger partial charge in [-0.1, -0.05) is 23.4 Å². The zero-order valence-electron chi connectivity index (χ0n) is 9.67. The Bertz CT molecular complexity index is 464. The standard InChI is InChI=1S/C12H14N2O3S/c15-7-12(8-18-6-10(12)14-17)13-11(16)9-4-2-1-3-5-9/h1-5,15,17H,6-8H2,(H,13,16)/b14-10-/t12-/m1/s1. The maximum Gasteiger partial charge on any atom is 0.252 e. The van der Waals surface area contributed by atoms with Crippen LogP contribution in [0.4, 0.5) is 0 Å². The van der Waals surface area contributed by atoms with Crippen LogP contribution in [0.2, 0.25) is 0 Å². The molecule has 1 atom stereocenters. The summed E-state index contributed by atoms with van der Waals surface area (Å²) in [7, 11) is 0. The van der Waals surface area contributed by atoms with Crippen molar-refractivity contribution in [3.8, 4) is 0 Å². The zero-order valence-corrected chi connectivity index (χ0v) is 10.5. The number of thioether (sulfide) groups is 1. The number of carbonyl (C=O) groups is 1. The van der Waals surface area contributed by atoms with Crippen LogP contribution in [0.1, 0.15) is 10.4 Å². The second-order valence-electron chi connectivity index (χ2n) is 4.10. The molecule has 0 bridgehead atoms. The van der Waals surface area contributed by atoms with E-state index in [1.54, 1.807) is 24.3 Å². The van der Waals surface area contributed by atoms with E-state index >= 15 is 0 Å². The fourth-order valence-corrected chi connectivity index (χ4v) is 3.14. The molecule has 0 unspecified atom stereocenters. The van der Waals surface area contributed by atoms with Gasteiger partial charge in [-0.15, -0.1) is 0 Å². The van der Waals surface area contributed by atoms with E-state index in [0.717, 1.165) is 0 Å². The summed E-state index contributed by atoms with van der Waals surface area (Å²) in [6.07, 6.45) is 0. The number of nitrogens with zero attached hydrogens (tertiary/aromatic N) is 1. The smallest absolute Gasteiger partial charge is 0.252 e. The van der Waals surface area contributed by atoms with E-state index < -0.39 is 5.54 Å². The molecule has 18 heavy (non-hydrogen) atoms. The highest BCUT2D eigenvalue weighted by molar-refractivity contribution is 8.00. The summed E-state index contributed by atoms with van der Waals surface area (Å²) in [5.41, 5.74) is -0.0365. The van der Waals surface area contributed by atoms with Crippen LogP contribution in [0, 0.1) is 0 Å². The average Bonchev–Trinajstić information content (AvgIpc) is 2.83. The second-order valence-corrected chi connectivity index (χ2v) is 5.09. The highest BCUT2D eigenvalue weighted by atomic mass is 32.2. The van der Waals surface area contributed by atoms with Crippen LogP contribution in [-0.4, -0.2) is 45.6 Å². The Labute approximate surface area is 109 Å². The van der Waals surface area contributed by atoms with E-state index in [0.29, 0.717) is 22.8 Å². The number of amides is 1. The molecular weight excluding hydrogens is 252 g/mol. The van der Waals surface area contributed by atoms with E-state index in [-0.39, 0.29) is 12.5 Å². The number of oxime groups is 1. The van der Waals surface area contributed by atoms with Gasteiger partial charge in [0.15, 0.2) is 0 Å². The topological polar surface area (TPSA) is 81.9 Å². The molecule has 0 aromatic heterocycles. The number of hydrogen-bond acceptors (Lipinski definition) is 5. The Balaban J connectivity index is 2.19. The van der Waals surface area contributed by atoms with E-state index in [1.165, 1.54) is 11.8 Å². The van der Waals surface area contributed by atoms with Crippen LogP contribution in [0.15, 0.2) is 35.5 Å². The van der Waals surface area contributed by atoms with Crippen LogP contribution in [0.3, 0.4) is 0 Å². The minimum absolute atomic E-state index is 0.280. The molecule has 96 valence electrons. The van der Waals surface area contributed by atoms with E-state index in [1.807, 2.05) is 6.07 Å². The molecule has 6 heteroatoms. The Morgan fingerprint density at radius 2 is 2.17 bits per heavy atom. The third-order valence-electron chi connectivity index (χ3n) is 2.92. The molecule has 1 fully saturated rings. The molecular formula is C12H14N2O3S. The maximum absolute atomic E-state index is 12.1. The van der Waals surface area contributed by atoms with Crippen molar-refractivity contribution >= 4 is 23.4 Å². The Kier molecular flexibility index (Phi) is 3.88. The van der Waals surface area contributed by atoms with Crippen molar-refractivity contribution in [2.75, 3.05) is 18.1 Å². The van der Waals surface area contributed by atoms with Gasteiger partial charge in [0.05, 0.1) is 12.3 Å². The number of carbonyl (C=O) groups excluding carboxylic acids is 1. The van der Waals surface area contributed by atoms with Gasteiger partial charge in [0.25, 0.3) is 5.91 Å². The largest absolute Gasteiger partial charge is 0.411 e. The summed E-state index contributed by atoms with van der Waals surface area (Å²) in [5, 5.41) is 24.4. The highest BCUT2D eigenvalue weighted by Gasteiger charge is 2.42. The quantitative estimate of drug-likeness (QED) is 0.556. The van der Waals surface area contributed by atoms with Crippen molar-refractivity contribution in [3.63, 3.8) is 0 Å². The van der Waals surface area contributed by atoms with Crippen molar-refractivity contribution in [2.45, 2.75) is 5.54 Å². The predicted molar refractivity (Wildman–Crippen MR) is 70.3 cm³/mol. The second kappa shape index (κ2) is 5.41. The third-order valence-corrected chi connectivity index (χ3v) is 4.09. The van der Waals surface area contributed by atoms with E-state index in [9.17, 15) is 9.90 Å². The number of rotatable bonds is 3. The number of benzene rings is 1. The predicted octanol–water partition coefficient (Wildman–Crippen LogP) is 0.724. The number of aliphatic hydroxyl groups is 1. The summed E-state index contributed by atoms with van der Waals surface area (Å²) in [6.45, 7) is -0.280. The summed E-state index contributed by atoms with van der Waals surface area (Å²) < 4.78 is 0. The van der Waals surface area contributed by atoms with Gasteiger partial charge >= 0.3 is 0 Å². The lowest BCUT2D eigenvalue weighted by molar-refractivity contribution is 0.0901. The number of aliphatic hydroxyl groups excluding tert-OH is 1. The van der Waals surface area contributed by atoms with Crippen LogP contribution in [-0.2, 0) is 0 Å². The van der Waals surface area contributed by atoms with E-state index in [2.05, 4.69) is 10.5 Å². The minimum atomic E-state index is -0.952. The molecule has 1 saturated heterocycles.